The summed E-state index contributed by atoms with van der Waals surface area (Å²) in [6.07, 6.45) is 9.89. The van der Waals surface area contributed by atoms with Crippen LogP contribution in [0.4, 0.5) is 11.4 Å². The molecular formula is C42H51N11O4S2. The third-order valence-electron chi connectivity index (χ3n) is 8.57. The Balaban J connectivity index is 0.000000292. The maximum Gasteiger partial charge on any atom is 0.317 e. The number of rotatable bonds is 14. The van der Waals surface area contributed by atoms with Crippen molar-refractivity contribution in [3.05, 3.63) is 103 Å². The van der Waals surface area contributed by atoms with Crippen molar-refractivity contribution in [3.8, 4) is 22.8 Å². The third-order valence-corrected chi connectivity index (χ3v) is 10.5. The molecule has 310 valence electrons. The van der Waals surface area contributed by atoms with Gasteiger partial charge in [0.1, 0.15) is 6.79 Å². The Morgan fingerprint density at radius 2 is 1.47 bits per heavy atom. The van der Waals surface area contributed by atoms with E-state index in [1.165, 1.54) is 17.3 Å². The zero-order valence-corrected chi connectivity index (χ0v) is 35.3. The van der Waals surface area contributed by atoms with Gasteiger partial charge in [0.2, 0.25) is 11.5 Å². The summed E-state index contributed by atoms with van der Waals surface area (Å²) in [6, 6.07) is 21.8. The van der Waals surface area contributed by atoms with E-state index in [2.05, 4.69) is 88.7 Å². The Kier molecular flexibility index (Phi) is 16.7. The second-order valence-electron chi connectivity index (χ2n) is 12.1. The number of nitrogens with zero attached hydrogens (tertiary/aromatic N) is 9. The van der Waals surface area contributed by atoms with Gasteiger partial charge in [-0.1, -0.05) is 74.6 Å². The van der Waals surface area contributed by atoms with E-state index in [-0.39, 0.29) is 14.5 Å². The Bertz CT molecular complexity index is 2510. The Labute approximate surface area is 353 Å². The van der Waals surface area contributed by atoms with Crippen LogP contribution in [0.2, 0.25) is 0 Å². The van der Waals surface area contributed by atoms with Crippen LogP contribution in [0.1, 0.15) is 43.0 Å². The lowest BCUT2D eigenvalue weighted by Crippen LogP contribution is -2.14. The molecule has 15 nitrogen and oxygen atoms in total. The van der Waals surface area contributed by atoms with Crippen molar-refractivity contribution >= 4 is 69.7 Å². The Morgan fingerprint density at radius 1 is 0.780 bits per heavy atom. The highest BCUT2D eigenvalue weighted by atomic mass is 32.2. The van der Waals surface area contributed by atoms with Crippen LogP contribution in [-0.2, 0) is 29.1 Å². The average molecular weight is 838 g/mol. The number of para-hydroxylation sites is 1. The molecule has 0 spiro atoms. The minimum atomic E-state index is -0.0821. The van der Waals surface area contributed by atoms with Crippen LogP contribution in [0.25, 0.3) is 44.8 Å². The van der Waals surface area contributed by atoms with Gasteiger partial charge in [0.05, 0.1) is 5.75 Å². The summed E-state index contributed by atoms with van der Waals surface area (Å²) in [5, 5.41) is 27.3. The lowest BCUT2D eigenvalue weighted by molar-refractivity contribution is -0.113. The molecule has 0 aliphatic rings. The standard InChI is InChI=1S/C20H18N6OS.C19H21N5O2S.C2H6.CH2O.2H2/c1-2-26-19(17-12-22-11-14-10-21-9-8-16(14)17)24-25-20(26)28-13-18(27)23-15-6-4-3-5-7-15;1-3-13-5-7-15(8-6-13)20-9-10-27-19-23-22-17(24(19)4-2)14-11-16-18(21-12-14)26-25-16;2*1-2;;/h3-12H,2,13H2,1H3,(H,23,27);5-8,11-12,20H,3-4,9-10H2,1-2H3;1-2H3;1H2;2*1H. The number of fused-ring (bicyclic) bond motifs is 2. The monoisotopic (exact) mass is 837 g/mol. The number of nitrogens with one attached hydrogen (secondary N) is 2. The van der Waals surface area contributed by atoms with Gasteiger partial charge in [0.25, 0.3) is 0 Å². The van der Waals surface area contributed by atoms with Crippen molar-refractivity contribution in [1.29, 1.82) is 0 Å². The fraction of sp³-hybridized carbons (Fsp3) is 0.262. The fourth-order valence-corrected chi connectivity index (χ4v) is 7.40. The summed E-state index contributed by atoms with van der Waals surface area (Å²) >= 11 is 3.05. The molecule has 1 amide bonds. The molecule has 6 heterocycles. The molecule has 59 heavy (non-hydrogen) atoms. The third kappa shape index (κ3) is 11.2. The fourth-order valence-electron chi connectivity index (χ4n) is 5.74. The van der Waals surface area contributed by atoms with Crippen LogP contribution in [0.15, 0.2) is 117 Å². The smallest absolute Gasteiger partial charge is 0.317 e. The van der Waals surface area contributed by atoms with E-state index in [0.717, 1.165) is 75.3 Å². The molecule has 0 radical (unpaired) electrons. The van der Waals surface area contributed by atoms with E-state index in [9.17, 15) is 4.79 Å². The van der Waals surface area contributed by atoms with E-state index in [4.69, 9.17) is 13.9 Å². The topological polar surface area (TPSA) is 185 Å². The molecule has 8 aromatic rings. The van der Waals surface area contributed by atoms with Crippen LogP contribution in [-0.4, -0.2) is 75.2 Å². The molecular weight excluding hydrogens is 787 g/mol. The summed E-state index contributed by atoms with van der Waals surface area (Å²) in [4.78, 5) is 32.9. The van der Waals surface area contributed by atoms with E-state index in [1.54, 1.807) is 42.7 Å². The van der Waals surface area contributed by atoms with Crippen molar-refractivity contribution in [2.45, 2.75) is 64.4 Å². The number of carbonyl (C=O) groups excluding carboxylic acids is 2. The molecule has 2 N–H and O–H groups in total. The number of hydrogen-bond donors (Lipinski definition) is 2. The minimum Gasteiger partial charge on any atom is -0.384 e. The van der Waals surface area contributed by atoms with Gasteiger partial charge in [-0.05, 0) is 61.5 Å². The quantitative estimate of drug-likeness (QED) is 0.0599. The van der Waals surface area contributed by atoms with Gasteiger partial charge in [-0.15, -0.1) is 20.4 Å². The summed E-state index contributed by atoms with van der Waals surface area (Å²) in [6.45, 7) is 14.6. The lowest BCUT2D eigenvalue weighted by Gasteiger charge is -2.09. The summed E-state index contributed by atoms with van der Waals surface area (Å²) in [5.41, 5.74) is 6.17. The first-order valence-corrected chi connectivity index (χ1v) is 21.1. The molecule has 6 aromatic heterocycles. The molecule has 0 aliphatic carbocycles. The molecule has 0 saturated heterocycles. The van der Waals surface area contributed by atoms with Crippen LogP contribution in [0, 0.1) is 0 Å². The van der Waals surface area contributed by atoms with Gasteiger partial charge >= 0.3 is 5.71 Å². The predicted octanol–water partition coefficient (Wildman–Crippen LogP) is 9.44. The molecule has 8 rings (SSSR count). The molecule has 0 unspecified atom stereocenters. The van der Waals surface area contributed by atoms with Crippen molar-refractivity contribution in [2.24, 2.45) is 0 Å². The number of benzene rings is 2. The Morgan fingerprint density at radius 3 is 2.15 bits per heavy atom. The number of amides is 1. The minimum absolute atomic E-state index is 0. The number of aryl methyl sites for hydroxylation is 1. The highest BCUT2D eigenvalue weighted by molar-refractivity contribution is 7.99. The summed E-state index contributed by atoms with van der Waals surface area (Å²) < 4.78 is 13.8. The highest BCUT2D eigenvalue weighted by Gasteiger charge is 2.18. The van der Waals surface area contributed by atoms with Gasteiger partial charge in [0, 0.05) is 93.2 Å². The number of hydrogen-bond acceptors (Lipinski definition) is 14. The molecule has 2 aromatic carbocycles. The maximum atomic E-state index is 12.2. The molecule has 0 atom stereocenters. The molecule has 0 aliphatic heterocycles. The average Bonchev–Trinajstić information content (AvgIpc) is 3.90. The molecule has 0 bridgehead atoms. The van der Waals surface area contributed by atoms with Crippen LogP contribution in [0.3, 0.4) is 0 Å². The number of aromatic nitrogens is 9. The van der Waals surface area contributed by atoms with E-state index in [0.29, 0.717) is 23.0 Å². The van der Waals surface area contributed by atoms with Gasteiger partial charge < -0.3 is 24.6 Å². The zero-order valence-electron chi connectivity index (χ0n) is 33.7. The van der Waals surface area contributed by atoms with Crippen LogP contribution in [0.5, 0.6) is 0 Å². The van der Waals surface area contributed by atoms with Crippen molar-refractivity contribution < 1.29 is 21.6 Å². The van der Waals surface area contributed by atoms with Crippen LogP contribution < -0.4 is 10.6 Å². The van der Waals surface area contributed by atoms with E-state index < -0.39 is 0 Å². The number of thioether (sulfide) groups is 2. The predicted molar refractivity (Wildman–Crippen MR) is 239 cm³/mol. The summed E-state index contributed by atoms with van der Waals surface area (Å²) in [5.74, 6) is 2.59. The Hall–Kier alpha value is -6.33. The normalized spacial score (nSPS) is 10.5. The van der Waals surface area contributed by atoms with Crippen molar-refractivity contribution in [3.63, 3.8) is 0 Å². The van der Waals surface area contributed by atoms with E-state index in [1.807, 2.05) is 74.6 Å². The first-order valence-electron chi connectivity index (χ1n) is 19.2. The first-order chi connectivity index (χ1) is 29.0. The van der Waals surface area contributed by atoms with Gasteiger partial charge in [-0.2, -0.15) is 0 Å². The van der Waals surface area contributed by atoms with E-state index >= 15 is 0 Å². The zero-order chi connectivity index (χ0) is 42.0. The first kappa shape index (κ1) is 43.8. The number of anilines is 2. The van der Waals surface area contributed by atoms with Gasteiger partial charge in [0.15, 0.2) is 22.0 Å². The molecule has 0 saturated carbocycles. The second-order valence-corrected chi connectivity index (χ2v) is 14.1. The summed E-state index contributed by atoms with van der Waals surface area (Å²) in [7, 11) is 0. The highest BCUT2D eigenvalue weighted by Crippen LogP contribution is 2.30. The van der Waals surface area contributed by atoms with Gasteiger partial charge in [-0.25, -0.2) is 4.98 Å². The van der Waals surface area contributed by atoms with Crippen molar-refractivity contribution in [1.82, 2.24) is 44.5 Å². The van der Waals surface area contributed by atoms with Crippen LogP contribution >= 0.6 is 23.5 Å². The largest absolute Gasteiger partial charge is 0.384 e. The molecule has 0 fully saturated rings. The van der Waals surface area contributed by atoms with Crippen molar-refractivity contribution in [2.75, 3.05) is 28.7 Å². The second kappa shape index (κ2) is 22.6. The maximum absolute atomic E-state index is 12.2. The number of pyridine rings is 3. The van der Waals surface area contributed by atoms with Gasteiger partial charge in [-0.3, -0.25) is 23.9 Å². The molecule has 17 heteroatoms. The lowest BCUT2D eigenvalue weighted by atomic mass is 10.1. The SMILES string of the molecule is C=O.CC.CCc1ccc(NCCSc2nnc(-c3cnc4ooc4c3)n2CC)cc1.CCn1c(SCC(=O)Nc2ccccc2)nnc1-c1cncc2cnccc12.[HH].[HH]. The number of carbonyl (C=O) groups is 2.